The quantitative estimate of drug-likeness (QED) is 0.801. The molecule has 1 aromatic rings. The van der Waals surface area contributed by atoms with Gasteiger partial charge in [-0.2, -0.15) is 8.78 Å². The van der Waals surface area contributed by atoms with Crippen LogP contribution in [-0.4, -0.2) is 42.2 Å². The SMILES string of the molecule is Cl.NC1CCN(CC(=O)Nc2ccc(SC(F)F)cc2)CC1. The minimum Gasteiger partial charge on any atom is -0.328 e. The van der Waals surface area contributed by atoms with Gasteiger partial charge in [-0.25, -0.2) is 0 Å². The summed E-state index contributed by atoms with van der Waals surface area (Å²) in [6, 6.07) is 6.66. The molecule has 1 fully saturated rings. The fourth-order valence-corrected chi connectivity index (χ4v) is 2.73. The number of nitrogens with two attached hydrogens (primary N) is 1. The van der Waals surface area contributed by atoms with Crippen LogP contribution < -0.4 is 11.1 Å². The van der Waals surface area contributed by atoms with Crippen molar-refractivity contribution in [3.05, 3.63) is 24.3 Å². The molecule has 3 N–H and O–H groups in total. The molecule has 0 aromatic heterocycles. The molecule has 0 spiro atoms. The number of thioether (sulfide) groups is 1. The smallest absolute Gasteiger partial charge is 0.288 e. The fraction of sp³-hybridized carbons (Fsp3) is 0.500. The first-order chi connectivity index (χ1) is 10.0. The van der Waals surface area contributed by atoms with Crippen LogP contribution in [-0.2, 0) is 4.79 Å². The van der Waals surface area contributed by atoms with Crippen molar-refractivity contribution in [1.82, 2.24) is 4.90 Å². The van der Waals surface area contributed by atoms with Crippen molar-refractivity contribution in [2.24, 2.45) is 5.73 Å². The zero-order valence-corrected chi connectivity index (χ0v) is 13.6. The first-order valence-electron chi connectivity index (χ1n) is 6.85. The molecule has 0 unspecified atom stereocenters. The van der Waals surface area contributed by atoms with Gasteiger partial charge in [0, 0.05) is 29.7 Å². The van der Waals surface area contributed by atoms with Crippen molar-refractivity contribution in [1.29, 1.82) is 0 Å². The number of carbonyl (C=O) groups excluding carboxylic acids is 1. The van der Waals surface area contributed by atoms with Crippen molar-refractivity contribution in [2.75, 3.05) is 25.0 Å². The van der Waals surface area contributed by atoms with Gasteiger partial charge in [0.25, 0.3) is 5.76 Å². The molecule has 22 heavy (non-hydrogen) atoms. The number of likely N-dealkylation sites (tertiary alicyclic amines) is 1. The Balaban J connectivity index is 0.00000242. The van der Waals surface area contributed by atoms with E-state index in [-0.39, 0.29) is 24.4 Å². The molecule has 1 amide bonds. The maximum absolute atomic E-state index is 12.2. The van der Waals surface area contributed by atoms with E-state index >= 15 is 0 Å². The van der Waals surface area contributed by atoms with E-state index in [4.69, 9.17) is 5.73 Å². The van der Waals surface area contributed by atoms with Gasteiger partial charge in [0.2, 0.25) is 5.91 Å². The average Bonchev–Trinajstić information content (AvgIpc) is 2.43. The van der Waals surface area contributed by atoms with E-state index in [0.717, 1.165) is 25.9 Å². The predicted octanol–water partition coefficient (Wildman–Crippen LogP) is 2.78. The van der Waals surface area contributed by atoms with Crippen molar-refractivity contribution < 1.29 is 13.6 Å². The van der Waals surface area contributed by atoms with Crippen LogP contribution in [0.3, 0.4) is 0 Å². The number of piperidine rings is 1. The van der Waals surface area contributed by atoms with E-state index in [1.165, 1.54) is 0 Å². The molecule has 4 nitrogen and oxygen atoms in total. The van der Waals surface area contributed by atoms with Crippen molar-refractivity contribution in [2.45, 2.75) is 29.5 Å². The third-order valence-corrected chi connectivity index (χ3v) is 4.09. The van der Waals surface area contributed by atoms with Crippen LogP contribution in [0.15, 0.2) is 29.2 Å². The van der Waals surface area contributed by atoms with Crippen molar-refractivity contribution in [3.63, 3.8) is 0 Å². The molecule has 8 heteroatoms. The number of carbonyl (C=O) groups is 1. The summed E-state index contributed by atoms with van der Waals surface area (Å²) in [5.74, 6) is -2.53. The largest absolute Gasteiger partial charge is 0.328 e. The highest BCUT2D eigenvalue weighted by molar-refractivity contribution is 7.99. The highest BCUT2D eigenvalue weighted by atomic mass is 35.5. The Morgan fingerprint density at radius 2 is 1.91 bits per heavy atom. The van der Waals surface area contributed by atoms with E-state index in [1.54, 1.807) is 24.3 Å². The second-order valence-electron chi connectivity index (χ2n) is 5.06. The van der Waals surface area contributed by atoms with Crippen LogP contribution in [0.4, 0.5) is 14.5 Å². The summed E-state index contributed by atoms with van der Waals surface area (Å²) >= 11 is 0.489. The lowest BCUT2D eigenvalue weighted by Gasteiger charge is -2.29. The fourth-order valence-electron chi connectivity index (χ4n) is 2.23. The second kappa shape index (κ2) is 9.29. The lowest BCUT2D eigenvalue weighted by Crippen LogP contribution is -2.43. The molecule has 124 valence electrons. The van der Waals surface area contributed by atoms with Gasteiger partial charge in [0.15, 0.2) is 0 Å². The summed E-state index contributed by atoms with van der Waals surface area (Å²) in [6.45, 7) is 2.00. The van der Waals surface area contributed by atoms with Crippen LogP contribution in [0.2, 0.25) is 0 Å². The highest BCUT2D eigenvalue weighted by Crippen LogP contribution is 2.26. The second-order valence-corrected chi connectivity index (χ2v) is 6.13. The molecule has 1 aromatic carbocycles. The van der Waals surface area contributed by atoms with Gasteiger partial charge in [-0.1, -0.05) is 11.8 Å². The summed E-state index contributed by atoms with van der Waals surface area (Å²) < 4.78 is 24.4. The molecule has 0 bridgehead atoms. The lowest BCUT2D eigenvalue weighted by molar-refractivity contribution is -0.117. The first kappa shape index (κ1) is 19.2. The zero-order valence-electron chi connectivity index (χ0n) is 12.0. The highest BCUT2D eigenvalue weighted by Gasteiger charge is 2.18. The van der Waals surface area contributed by atoms with E-state index in [0.29, 0.717) is 28.9 Å². The van der Waals surface area contributed by atoms with Gasteiger partial charge in [-0.15, -0.1) is 12.4 Å². The summed E-state index contributed by atoms with van der Waals surface area (Å²) in [7, 11) is 0. The summed E-state index contributed by atoms with van der Waals surface area (Å²) in [4.78, 5) is 14.5. The van der Waals surface area contributed by atoms with Gasteiger partial charge in [0.1, 0.15) is 0 Å². The lowest BCUT2D eigenvalue weighted by atomic mass is 10.1. The summed E-state index contributed by atoms with van der Waals surface area (Å²) in [5, 5.41) is 2.77. The van der Waals surface area contributed by atoms with E-state index in [9.17, 15) is 13.6 Å². The summed E-state index contributed by atoms with van der Waals surface area (Å²) in [5.41, 5.74) is 6.44. The number of nitrogens with one attached hydrogen (secondary N) is 1. The maximum Gasteiger partial charge on any atom is 0.288 e. The van der Waals surface area contributed by atoms with Crippen LogP contribution >= 0.6 is 24.2 Å². The number of amides is 1. The van der Waals surface area contributed by atoms with Gasteiger partial charge in [-0.05, 0) is 37.1 Å². The molecule has 2 rings (SSSR count). The maximum atomic E-state index is 12.2. The number of nitrogens with zero attached hydrogens (tertiary/aromatic N) is 1. The van der Waals surface area contributed by atoms with Gasteiger partial charge >= 0.3 is 0 Å². The molecule has 1 saturated heterocycles. The number of hydrogen-bond acceptors (Lipinski definition) is 4. The van der Waals surface area contributed by atoms with Gasteiger partial charge in [-0.3, -0.25) is 9.69 Å². The zero-order chi connectivity index (χ0) is 15.2. The standard InChI is InChI=1S/C14H19F2N3OS.ClH/c15-14(16)21-12-3-1-11(2-4-12)18-13(20)9-19-7-5-10(17)6-8-19;/h1-4,10,14H,5-9,17H2,(H,18,20);1H. The summed E-state index contributed by atoms with van der Waals surface area (Å²) in [6.07, 6.45) is 1.82. The topological polar surface area (TPSA) is 58.4 Å². The Morgan fingerprint density at radius 3 is 2.45 bits per heavy atom. The molecular formula is C14H20ClF2N3OS. The van der Waals surface area contributed by atoms with E-state index < -0.39 is 5.76 Å². The number of anilines is 1. The number of hydrogen-bond donors (Lipinski definition) is 2. The predicted molar refractivity (Wildman–Crippen MR) is 87.8 cm³/mol. The number of alkyl halides is 2. The number of rotatable bonds is 5. The molecule has 1 aliphatic rings. The third-order valence-electron chi connectivity index (χ3n) is 3.36. The first-order valence-corrected chi connectivity index (χ1v) is 7.73. The Morgan fingerprint density at radius 1 is 1.32 bits per heavy atom. The van der Waals surface area contributed by atoms with Crippen LogP contribution in [0.5, 0.6) is 0 Å². The normalized spacial score (nSPS) is 16.4. The van der Waals surface area contributed by atoms with Crippen molar-refractivity contribution in [3.8, 4) is 0 Å². The Bertz CT molecular complexity index is 468. The molecular weight excluding hydrogens is 332 g/mol. The van der Waals surface area contributed by atoms with Gasteiger partial charge in [0.05, 0.1) is 6.54 Å². The molecule has 1 heterocycles. The van der Waals surface area contributed by atoms with Crippen LogP contribution in [0.1, 0.15) is 12.8 Å². The van der Waals surface area contributed by atoms with Crippen LogP contribution in [0.25, 0.3) is 0 Å². The van der Waals surface area contributed by atoms with E-state index in [1.807, 2.05) is 0 Å². The Hall–Kier alpha value is -0.890. The molecule has 1 aliphatic heterocycles. The monoisotopic (exact) mass is 351 g/mol. The van der Waals surface area contributed by atoms with E-state index in [2.05, 4.69) is 10.2 Å². The van der Waals surface area contributed by atoms with Gasteiger partial charge < -0.3 is 11.1 Å². The number of benzene rings is 1. The minimum absolute atomic E-state index is 0. The Kier molecular flexibility index (Phi) is 8.09. The molecule has 0 radical (unpaired) electrons. The molecule has 0 saturated carbocycles. The van der Waals surface area contributed by atoms with Crippen LogP contribution in [0, 0.1) is 0 Å². The molecule has 0 atom stereocenters. The van der Waals surface area contributed by atoms with Crippen molar-refractivity contribution >= 4 is 35.8 Å². The Labute approximate surface area is 139 Å². The third kappa shape index (κ3) is 6.48. The molecule has 0 aliphatic carbocycles. The minimum atomic E-state index is -2.43. The average molecular weight is 352 g/mol. The number of halogens is 3.